The van der Waals surface area contributed by atoms with Crippen LogP contribution in [0.2, 0.25) is 0 Å². The molecular formula is C11H20N2O7. The zero-order chi connectivity index (χ0) is 15.4. The summed E-state index contributed by atoms with van der Waals surface area (Å²) in [6.07, 6.45) is 0. The van der Waals surface area contributed by atoms with Crippen LogP contribution in [0, 0.1) is 0 Å². The molecule has 0 unspecified atom stereocenters. The van der Waals surface area contributed by atoms with E-state index in [0.717, 1.165) is 0 Å². The number of nitrogens with zero attached hydrogens (tertiary/aromatic N) is 1. The molecule has 0 heterocycles. The Morgan fingerprint density at radius 3 is 2.05 bits per heavy atom. The Morgan fingerprint density at radius 2 is 1.60 bits per heavy atom. The third-order valence-electron chi connectivity index (χ3n) is 2.12. The van der Waals surface area contributed by atoms with E-state index in [1.807, 2.05) is 0 Å². The summed E-state index contributed by atoms with van der Waals surface area (Å²) >= 11 is 0. The van der Waals surface area contributed by atoms with Crippen LogP contribution < -0.4 is 5.32 Å². The van der Waals surface area contributed by atoms with Crippen LogP contribution in [-0.4, -0.2) is 81.7 Å². The second kappa shape index (κ2) is 11.1. The summed E-state index contributed by atoms with van der Waals surface area (Å²) < 4.78 is 14.3. The number of nitrogens with one attached hydrogen (secondary N) is 1. The van der Waals surface area contributed by atoms with Crippen molar-refractivity contribution in [3.63, 3.8) is 0 Å². The predicted octanol–water partition coefficient (Wildman–Crippen LogP) is -1.08. The maximum Gasteiger partial charge on any atom is 0.329 e. The summed E-state index contributed by atoms with van der Waals surface area (Å²) in [4.78, 5) is 34.7. The fraction of sp³-hybridized carbons (Fsp3) is 0.727. The molecule has 0 aliphatic heterocycles. The van der Waals surface area contributed by atoms with Crippen LogP contribution in [0.5, 0.6) is 0 Å². The van der Waals surface area contributed by atoms with Crippen LogP contribution in [0.3, 0.4) is 0 Å². The Kier molecular flexibility index (Phi) is 10.2. The van der Waals surface area contributed by atoms with E-state index < -0.39 is 31.1 Å². The van der Waals surface area contributed by atoms with Crippen molar-refractivity contribution in [3.05, 3.63) is 0 Å². The zero-order valence-electron chi connectivity index (χ0n) is 11.6. The minimum absolute atomic E-state index is 0.301. The van der Waals surface area contributed by atoms with E-state index in [9.17, 15) is 14.4 Å². The smallest absolute Gasteiger partial charge is 0.329 e. The van der Waals surface area contributed by atoms with Gasteiger partial charge in [0.05, 0.1) is 13.2 Å². The maximum atomic E-state index is 11.8. The van der Waals surface area contributed by atoms with E-state index in [2.05, 4.69) is 10.1 Å². The van der Waals surface area contributed by atoms with Crippen molar-refractivity contribution in [1.29, 1.82) is 0 Å². The fourth-order valence-electron chi connectivity index (χ4n) is 1.18. The van der Waals surface area contributed by atoms with Crippen molar-refractivity contribution >= 4 is 17.9 Å². The topological polar surface area (TPSA) is 114 Å². The van der Waals surface area contributed by atoms with Gasteiger partial charge in [0.2, 0.25) is 0 Å². The number of amides is 3. The number of aliphatic carboxylic acids is 1. The predicted molar refractivity (Wildman–Crippen MR) is 67.3 cm³/mol. The fourth-order valence-corrected chi connectivity index (χ4v) is 1.18. The van der Waals surface area contributed by atoms with Gasteiger partial charge >= 0.3 is 12.0 Å². The van der Waals surface area contributed by atoms with Crippen LogP contribution in [0.25, 0.3) is 0 Å². The first-order chi connectivity index (χ1) is 9.51. The van der Waals surface area contributed by atoms with E-state index in [4.69, 9.17) is 14.6 Å². The van der Waals surface area contributed by atoms with Crippen LogP contribution in [0.1, 0.15) is 0 Å². The van der Waals surface area contributed by atoms with E-state index >= 15 is 0 Å². The number of hydrogen-bond acceptors (Lipinski definition) is 6. The first-order valence-corrected chi connectivity index (χ1v) is 5.87. The van der Waals surface area contributed by atoms with Crippen molar-refractivity contribution < 1.29 is 33.7 Å². The molecule has 0 rings (SSSR count). The van der Waals surface area contributed by atoms with Gasteiger partial charge < -0.3 is 24.2 Å². The maximum absolute atomic E-state index is 11.8. The number of ether oxygens (including phenoxy) is 3. The molecule has 0 aromatic carbocycles. The molecule has 0 aromatic heterocycles. The van der Waals surface area contributed by atoms with Gasteiger partial charge in [-0.3, -0.25) is 10.1 Å². The SMILES string of the molecule is COCCN(CCOC)C(=O)NC(=O)COCC(=O)O. The lowest BCUT2D eigenvalue weighted by molar-refractivity contribution is -0.143. The van der Waals surface area contributed by atoms with Gasteiger partial charge in [0.1, 0.15) is 13.2 Å². The standard InChI is InChI=1S/C11H20N2O7/c1-18-5-3-13(4-6-19-2)11(17)12-9(14)7-20-8-10(15)16/h3-8H2,1-2H3,(H,15,16)(H,12,14,17). The van der Waals surface area contributed by atoms with E-state index in [-0.39, 0.29) is 0 Å². The Bertz CT molecular complexity index is 314. The molecule has 0 spiro atoms. The molecule has 2 N–H and O–H groups in total. The summed E-state index contributed by atoms with van der Waals surface area (Å²) in [6, 6.07) is -0.608. The van der Waals surface area contributed by atoms with Gasteiger partial charge in [0.25, 0.3) is 5.91 Å². The Morgan fingerprint density at radius 1 is 1.05 bits per heavy atom. The monoisotopic (exact) mass is 292 g/mol. The van der Waals surface area contributed by atoms with Crippen molar-refractivity contribution in [2.24, 2.45) is 0 Å². The molecule has 0 fully saturated rings. The van der Waals surface area contributed by atoms with Crippen LogP contribution in [-0.2, 0) is 23.8 Å². The summed E-state index contributed by atoms with van der Waals surface area (Å²) in [5.74, 6) is -1.90. The van der Waals surface area contributed by atoms with Gasteiger partial charge in [-0.25, -0.2) is 9.59 Å². The van der Waals surface area contributed by atoms with Gasteiger partial charge in [-0.2, -0.15) is 0 Å². The molecule has 3 amide bonds. The average molecular weight is 292 g/mol. The number of carboxylic acids is 1. The van der Waals surface area contributed by atoms with E-state index in [1.54, 1.807) is 0 Å². The van der Waals surface area contributed by atoms with Crippen molar-refractivity contribution in [2.75, 3.05) is 53.7 Å². The van der Waals surface area contributed by atoms with Crippen molar-refractivity contribution in [1.82, 2.24) is 10.2 Å². The largest absolute Gasteiger partial charge is 0.480 e. The molecule has 20 heavy (non-hydrogen) atoms. The van der Waals surface area contributed by atoms with Crippen molar-refractivity contribution in [3.8, 4) is 0 Å². The van der Waals surface area contributed by atoms with Gasteiger partial charge in [0.15, 0.2) is 0 Å². The third kappa shape index (κ3) is 9.25. The molecule has 0 aliphatic carbocycles. The summed E-state index contributed by atoms with van der Waals surface area (Å²) in [5.41, 5.74) is 0. The molecule has 0 bridgehead atoms. The number of urea groups is 1. The number of rotatable bonds is 10. The van der Waals surface area contributed by atoms with E-state index in [0.29, 0.717) is 26.3 Å². The molecular weight excluding hydrogens is 272 g/mol. The summed E-state index contributed by atoms with van der Waals surface area (Å²) in [6.45, 7) is 0.144. The minimum Gasteiger partial charge on any atom is -0.480 e. The number of hydrogen-bond donors (Lipinski definition) is 2. The number of carbonyl (C=O) groups is 3. The van der Waals surface area contributed by atoms with Gasteiger partial charge in [0, 0.05) is 27.3 Å². The second-order valence-corrected chi connectivity index (χ2v) is 3.71. The van der Waals surface area contributed by atoms with Gasteiger partial charge in [-0.1, -0.05) is 0 Å². The summed E-state index contributed by atoms with van der Waals surface area (Å²) in [7, 11) is 2.99. The lowest BCUT2D eigenvalue weighted by atomic mass is 10.5. The highest BCUT2D eigenvalue weighted by Gasteiger charge is 2.16. The molecule has 0 saturated heterocycles. The van der Waals surface area contributed by atoms with Gasteiger partial charge in [-0.15, -0.1) is 0 Å². The number of methoxy groups -OCH3 is 2. The molecule has 0 saturated carbocycles. The second-order valence-electron chi connectivity index (χ2n) is 3.71. The molecule has 9 heteroatoms. The van der Waals surface area contributed by atoms with E-state index in [1.165, 1.54) is 19.1 Å². The molecule has 0 atom stereocenters. The van der Waals surface area contributed by atoms with Gasteiger partial charge in [-0.05, 0) is 0 Å². The average Bonchev–Trinajstić information content (AvgIpc) is 2.38. The highest BCUT2D eigenvalue weighted by atomic mass is 16.5. The first-order valence-electron chi connectivity index (χ1n) is 5.87. The molecule has 9 nitrogen and oxygen atoms in total. The molecule has 0 aromatic rings. The van der Waals surface area contributed by atoms with Crippen LogP contribution in [0.4, 0.5) is 4.79 Å². The van der Waals surface area contributed by atoms with Crippen molar-refractivity contribution in [2.45, 2.75) is 0 Å². The lowest BCUT2D eigenvalue weighted by Crippen LogP contribution is -2.46. The number of carbonyl (C=O) groups excluding carboxylic acids is 2. The Hall–Kier alpha value is -1.71. The lowest BCUT2D eigenvalue weighted by Gasteiger charge is -2.21. The Labute approximate surface area is 116 Å². The molecule has 116 valence electrons. The van der Waals surface area contributed by atoms with Crippen LogP contribution in [0.15, 0.2) is 0 Å². The molecule has 0 radical (unpaired) electrons. The molecule has 0 aliphatic rings. The van der Waals surface area contributed by atoms with Crippen LogP contribution >= 0.6 is 0 Å². The normalized spacial score (nSPS) is 10.1. The minimum atomic E-state index is -1.19. The highest BCUT2D eigenvalue weighted by molar-refractivity contribution is 5.95. The number of imide groups is 1. The third-order valence-corrected chi connectivity index (χ3v) is 2.12. The number of carboxylic acid groups (broad SMARTS) is 1. The summed E-state index contributed by atoms with van der Waals surface area (Å²) in [5, 5.41) is 10.4. The Balaban J connectivity index is 4.14. The quantitative estimate of drug-likeness (QED) is 0.526. The highest BCUT2D eigenvalue weighted by Crippen LogP contribution is 1.91. The first kappa shape index (κ1) is 18.3. The zero-order valence-corrected chi connectivity index (χ0v) is 11.6.